The van der Waals surface area contributed by atoms with Crippen LogP contribution in [-0.2, 0) is 16.0 Å². The van der Waals surface area contributed by atoms with Gasteiger partial charge in [-0.2, -0.15) is 0 Å². The molecule has 1 amide bonds. The Bertz CT molecular complexity index is 381. The van der Waals surface area contributed by atoms with E-state index in [0.717, 1.165) is 5.56 Å². The number of halogens is 2. The molecule has 0 aliphatic heterocycles. The quantitative estimate of drug-likeness (QED) is 0.754. The minimum atomic E-state index is -0.186. The number of carbonyl (C=O) groups excluding carboxylic acids is 1. The summed E-state index contributed by atoms with van der Waals surface area (Å²) in [5, 5.41) is 0.481. The number of alkyl halides is 1. The Kier molecular flexibility index (Phi) is 6.47. The molecule has 0 fully saturated rings. The fourth-order valence-corrected chi connectivity index (χ4v) is 2.00. The van der Waals surface area contributed by atoms with Crippen LogP contribution in [0.15, 0.2) is 24.3 Å². The van der Waals surface area contributed by atoms with E-state index < -0.39 is 0 Å². The van der Waals surface area contributed by atoms with Crippen molar-refractivity contribution in [3.05, 3.63) is 34.9 Å². The number of nitrogens with zero attached hydrogens (tertiary/aromatic N) is 1. The lowest BCUT2D eigenvalue weighted by molar-refractivity contribution is -0.129. The summed E-state index contributed by atoms with van der Waals surface area (Å²) >= 11 is 11.8. The van der Waals surface area contributed by atoms with Crippen molar-refractivity contribution >= 4 is 29.1 Å². The SMILES string of the molecule is COCC(Cl)CN(C)C(=O)Cc1ccc(Cl)cc1. The Morgan fingerprint density at radius 3 is 2.56 bits per heavy atom. The minimum absolute atomic E-state index is 0.0269. The third kappa shape index (κ3) is 5.25. The second-order valence-electron chi connectivity index (χ2n) is 4.13. The summed E-state index contributed by atoms with van der Waals surface area (Å²) in [6, 6.07) is 7.25. The Balaban J connectivity index is 2.46. The van der Waals surface area contributed by atoms with Crippen LogP contribution in [0.3, 0.4) is 0 Å². The Labute approximate surface area is 118 Å². The fraction of sp³-hybridized carbons (Fsp3) is 0.462. The molecule has 0 radical (unpaired) electrons. The lowest BCUT2D eigenvalue weighted by Crippen LogP contribution is -2.34. The number of likely N-dealkylation sites (N-methyl/N-ethyl adjacent to an activating group) is 1. The maximum Gasteiger partial charge on any atom is 0.226 e. The van der Waals surface area contributed by atoms with Gasteiger partial charge in [0.1, 0.15) is 0 Å². The molecule has 5 heteroatoms. The third-order valence-electron chi connectivity index (χ3n) is 2.51. The highest BCUT2D eigenvalue weighted by Crippen LogP contribution is 2.11. The van der Waals surface area contributed by atoms with E-state index in [4.69, 9.17) is 27.9 Å². The Hall–Kier alpha value is -0.770. The highest BCUT2D eigenvalue weighted by Gasteiger charge is 2.14. The van der Waals surface area contributed by atoms with Crippen LogP contribution in [0.25, 0.3) is 0 Å². The standard InChI is InChI=1S/C13H17Cl2NO2/c1-16(8-12(15)9-18-2)13(17)7-10-3-5-11(14)6-4-10/h3-6,12H,7-9H2,1-2H3. The first-order valence-electron chi connectivity index (χ1n) is 5.64. The number of hydrogen-bond acceptors (Lipinski definition) is 2. The smallest absolute Gasteiger partial charge is 0.226 e. The molecule has 1 rings (SSSR count). The van der Waals surface area contributed by atoms with Crippen molar-refractivity contribution < 1.29 is 9.53 Å². The van der Waals surface area contributed by atoms with Gasteiger partial charge in [0, 0.05) is 25.7 Å². The van der Waals surface area contributed by atoms with Gasteiger partial charge < -0.3 is 9.64 Å². The summed E-state index contributed by atoms with van der Waals surface area (Å²) < 4.78 is 4.93. The van der Waals surface area contributed by atoms with Gasteiger partial charge in [0.25, 0.3) is 0 Å². The van der Waals surface area contributed by atoms with Crippen molar-refractivity contribution in [2.24, 2.45) is 0 Å². The van der Waals surface area contributed by atoms with Gasteiger partial charge in [-0.15, -0.1) is 11.6 Å². The molecule has 1 aromatic carbocycles. The molecule has 0 N–H and O–H groups in total. The van der Waals surface area contributed by atoms with Crippen LogP contribution in [0.2, 0.25) is 5.02 Å². The molecular weight excluding hydrogens is 273 g/mol. The lowest BCUT2D eigenvalue weighted by atomic mass is 10.1. The van der Waals surface area contributed by atoms with Crippen LogP contribution in [0.4, 0.5) is 0 Å². The highest BCUT2D eigenvalue weighted by molar-refractivity contribution is 6.30. The van der Waals surface area contributed by atoms with Gasteiger partial charge in [0.2, 0.25) is 5.91 Å². The largest absolute Gasteiger partial charge is 0.383 e. The number of ether oxygens (including phenoxy) is 1. The van der Waals surface area contributed by atoms with E-state index in [1.54, 1.807) is 31.2 Å². The van der Waals surface area contributed by atoms with Crippen molar-refractivity contribution in [2.45, 2.75) is 11.8 Å². The van der Waals surface area contributed by atoms with E-state index in [2.05, 4.69) is 0 Å². The van der Waals surface area contributed by atoms with Crippen LogP contribution >= 0.6 is 23.2 Å². The maximum atomic E-state index is 11.9. The summed E-state index contributed by atoms with van der Waals surface area (Å²) in [7, 11) is 3.33. The van der Waals surface area contributed by atoms with Gasteiger partial charge in [-0.05, 0) is 17.7 Å². The van der Waals surface area contributed by atoms with Crippen molar-refractivity contribution in [2.75, 3.05) is 27.3 Å². The summed E-state index contributed by atoms with van der Waals surface area (Å²) in [5.41, 5.74) is 0.939. The predicted molar refractivity (Wildman–Crippen MR) is 74.3 cm³/mol. The van der Waals surface area contributed by atoms with Crippen molar-refractivity contribution in [1.82, 2.24) is 4.90 Å². The molecular formula is C13H17Cl2NO2. The molecule has 18 heavy (non-hydrogen) atoms. The Morgan fingerprint density at radius 2 is 2.00 bits per heavy atom. The van der Waals surface area contributed by atoms with Gasteiger partial charge in [0.05, 0.1) is 18.4 Å². The van der Waals surface area contributed by atoms with Gasteiger partial charge in [-0.3, -0.25) is 4.79 Å². The van der Waals surface area contributed by atoms with Crippen molar-refractivity contribution in [3.63, 3.8) is 0 Å². The molecule has 0 aliphatic carbocycles. The van der Waals surface area contributed by atoms with E-state index in [0.29, 0.717) is 24.6 Å². The van der Waals surface area contributed by atoms with Crippen molar-refractivity contribution in [3.8, 4) is 0 Å². The number of rotatable bonds is 6. The van der Waals surface area contributed by atoms with E-state index in [1.165, 1.54) is 0 Å². The molecule has 1 unspecified atom stereocenters. The summed E-state index contributed by atoms with van der Waals surface area (Å²) in [5.74, 6) is 0.0269. The number of benzene rings is 1. The van der Waals surface area contributed by atoms with Crippen LogP contribution in [0, 0.1) is 0 Å². The third-order valence-corrected chi connectivity index (χ3v) is 3.03. The molecule has 0 aliphatic rings. The van der Waals surface area contributed by atoms with E-state index in [-0.39, 0.29) is 11.3 Å². The maximum absolute atomic E-state index is 11.9. The van der Waals surface area contributed by atoms with Crippen molar-refractivity contribution in [1.29, 1.82) is 0 Å². The summed E-state index contributed by atoms with van der Waals surface area (Å²) in [6.45, 7) is 0.905. The molecule has 0 saturated carbocycles. The van der Waals surface area contributed by atoms with E-state index >= 15 is 0 Å². The number of hydrogen-bond donors (Lipinski definition) is 0. The number of methoxy groups -OCH3 is 1. The topological polar surface area (TPSA) is 29.5 Å². The fourth-order valence-electron chi connectivity index (χ4n) is 1.54. The zero-order valence-electron chi connectivity index (χ0n) is 10.5. The van der Waals surface area contributed by atoms with Crippen LogP contribution < -0.4 is 0 Å². The molecule has 1 aromatic rings. The monoisotopic (exact) mass is 289 g/mol. The minimum Gasteiger partial charge on any atom is -0.383 e. The molecule has 0 spiro atoms. The second kappa shape index (κ2) is 7.62. The Morgan fingerprint density at radius 1 is 1.39 bits per heavy atom. The molecule has 0 aromatic heterocycles. The molecule has 0 saturated heterocycles. The average molecular weight is 290 g/mol. The zero-order valence-corrected chi connectivity index (χ0v) is 12.0. The zero-order chi connectivity index (χ0) is 13.5. The van der Waals surface area contributed by atoms with Gasteiger partial charge >= 0.3 is 0 Å². The van der Waals surface area contributed by atoms with Crippen LogP contribution in [-0.4, -0.2) is 43.5 Å². The normalized spacial score (nSPS) is 12.2. The molecule has 1 atom stereocenters. The first-order chi connectivity index (χ1) is 8.52. The highest BCUT2D eigenvalue weighted by atomic mass is 35.5. The molecule has 100 valence electrons. The molecule has 0 bridgehead atoms. The van der Waals surface area contributed by atoms with Gasteiger partial charge in [0.15, 0.2) is 0 Å². The second-order valence-corrected chi connectivity index (χ2v) is 5.18. The first-order valence-corrected chi connectivity index (χ1v) is 6.45. The first kappa shape index (κ1) is 15.3. The van der Waals surface area contributed by atoms with Gasteiger partial charge in [-0.25, -0.2) is 0 Å². The van der Waals surface area contributed by atoms with Crippen LogP contribution in [0.5, 0.6) is 0 Å². The number of amides is 1. The predicted octanol–water partition coefficient (Wildman–Crippen LogP) is 2.59. The lowest BCUT2D eigenvalue weighted by Gasteiger charge is -2.20. The summed E-state index contributed by atoms with van der Waals surface area (Å²) in [4.78, 5) is 13.5. The van der Waals surface area contributed by atoms with E-state index in [1.807, 2.05) is 12.1 Å². The van der Waals surface area contributed by atoms with Gasteiger partial charge in [-0.1, -0.05) is 23.7 Å². The average Bonchev–Trinajstić information content (AvgIpc) is 2.32. The summed E-state index contributed by atoms with van der Waals surface area (Å²) in [6.07, 6.45) is 0.351. The molecule has 0 heterocycles. The molecule has 3 nitrogen and oxygen atoms in total. The number of carbonyl (C=O) groups is 1. The van der Waals surface area contributed by atoms with Crippen LogP contribution in [0.1, 0.15) is 5.56 Å². The van der Waals surface area contributed by atoms with E-state index in [9.17, 15) is 4.79 Å².